The molecule has 0 spiro atoms. The Morgan fingerprint density at radius 3 is 1.69 bits per heavy atom. The summed E-state index contributed by atoms with van der Waals surface area (Å²) in [7, 11) is 0. The van der Waals surface area contributed by atoms with E-state index in [-0.39, 0.29) is 40.5 Å². The zero-order valence-electron chi connectivity index (χ0n) is 25.5. The van der Waals surface area contributed by atoms with E-state index < -0.39 is 6.29 Å². The van der Waals surface area contributed by atoms with Crippen LogP contribution in [0, 0.1) is 34.0 Å². The monoisotopic (exact) mass is 500 g/mol. The van der Waals surface area contributed by atoms with Crippen LogP contribution in [-0.4, -0.2) is 57.6 Å². The summed E-state index contributed by atoms with van der Waals surface area (Å²) in [5, 5.41) is 0. The van der Waals surface area contributed by atoms with Crippen LogP contribution in [0.15, 0.2) is 0 Å². The molecule has 0 aliphatic carbocycles. The van der Waals surface area contributed by atoms with Crippen molar-refractivity contribution in [3.63, 3.8) is 0 Å². The maximum atomic E-state index is 6.69. The lowest BCUT2D eigenvalue weighted by Crippen LogP contribution is -2.59. The van der Waals surface area contributed by atoms with Crippen molar-refractivity contribution in [1.29, 1.82) is 0 Å². The Labute approximate surface area is 218 Å². The van der Waals surface area contributed by atoms with Crippen LogP contribution in [0.1, 0.15) is 103 Å². The minimum Gasteiger partial charge on any atom is -0.378 e. The Hall–Kier alpha value is -0.200. The first kappa shape index (κ1) is 32.8. The second-order valence-corrected chi connectivity index (χ2v) is 15.1. The van der Waals surface area contributed by atoms with Gasteiger partial charge >= 0.3 is 0 Å². The molecule has 5 atom stereocenters. The number of ether oxygens (including phenoxy) is 5. The third-order valence-electron chi connectivity index (χ3n) is 5.76. The van der Waals surface area contributed by atoms with Crippen molar-refractivity contribution < 1.29 is 23.7 Å². The van der Waals surface area contributed by atoms with Crippen molar-refractivity contribution in [3.8, 4) is 0 Å². The van der Waals surface area contributed by atoms with Crippen molar-refractivity contribution >= 4 is 0 Å². The first-order valence-corrected chi connectivity index (χ1v) is 14.0. The number of hydrogen-bond donors (Lipinski definition) is 0. The molecule has 1 rings (SSSR count). The molecule has 210 valence electrons. The van der Waals surface area contributed by atoms with Crippen LogP contribution in [0.2, 0.25) is 0 Å². The molecule has 1 saturated heterocycles. The summed E-state index contributed by atoms with van der Waals surface area (Å²) >= 11 is 0. The van der Waals surface area contributed by atoms with E-state index in [1.165, 1.54) is 0 Å². The minimum atomic E-state index is -0.430. The van der Waals surface area contributed by atoms with Crippen LogP contribution in [0.4, 0.5) is 0 Å². The first-order chi connectivity index (χ1) is 15.9. The van der Waals surface area contributed by atoms with E-state index in [1.54, 1.807) is 0 Å². The van der Waals surface area contributed by atoms with Gasteiger partial charge in [-0.2, -0.15) is 0 Å². The molecule has 2 unspecified atom stereocenters. The zero-order valence-corrected chi connectivity index (χ0v) is 25.5. The van der Waals surface area contributed by atoms with Crippen LogP contribution in [-0.2, 0) is 23.7 Å². The molecule has 0 N–H and O–H groups in total. The Balaban J connectivity index is 3.32. The fourth-order valence-electron chi connectivity index (χ4n) is 4.02. The Morgan fingerprint density at radius 2 is 1.20 bits per heavy atom. The van der Waals surface area contributed by atoms with Crippen molar-refractivity contribution in [1.82, 2.24) is 0 Å². The SMILES string of the molecule is CC(C)COCC1O[C@@H](OCC(C)(C)C)C(OCC(C)C)[C@@H](CCC(C)(C)C)[C@@H]1OCC(C)(C)C. The van der Waals surface area contributed by atoms with E-state index in [0.717, 1.165) is 12.8 Å². The molecule has 1 heterocycles. The zero-order chi connectivity index (χ0) is 27.0. The number of rotatable bonds is 13. The van der Waals surface area contributed by atoms with E-state index in [0.29, 0.717) is 44.9 Å². The molecule has 0 aromatic carbocycles. The second-order valence-electron chi connectivity index (χ2n) is 15.1. The van der Waals surface area contributed by atoms with Gasteiger partial charge in [-0.3, -0.25) is 0 Å². The van der Waals surface area contributed by atoms with E-state index in [4.69, 9.17) is 23.7 Å². The predicted octanol–water partition coefficient (Wildman–Crippen LogP) is 7.36. The molecule has 1 fully saturated rings. The van der Waals surface area contributed by atoms with E-state index >= 15 is 0 Å². The van der Waals surface area contributed by atoms with Crippen LogP contribution >= 0.6 is 0 Å². The largest absolute Gasteiger partial charge is 0.378 e. The first-order valence-electron chi connectivity index (χ1n) is 14.0. The molecular weight excluding hydrogens is 440 g/mol. The van der Waals surface area contributed by atoms with Gasteiger partial charge in [0.2, 0.25) is 0 Å². The highest BCUT2D eigenvalue weighted by Crippen LogP contribution is 2.38. The lowest BCUT2D eigenvalue weighted by Gasteiger charge is -2.48. The van der Waals surface area contributed by atoms with Gasteiger partial charge in [0, 0.05) is 19.1 Å². The predicted molar refractivity (Wildman–Crippen MR) is 146 cm³/mol. The van der Waals surface area contributed by atoms with E-state index in [1.807, 2.05) is 0 Å². The summed E-state index contributed by atoms with van der Waals surface area (Å²) in [6.45, 7) is 32.0. The molecule has 35 heavy (non-hydrogen) atoms. The van der Waals surface area contributed by atoms with Gasteiger partial charge in [-0.25, -0.2) is 0 Å². The van der Waals surface area contributed by atoms with E-state index in [9.17, 15) is 0 Å². The van der Waals surface area contributed by atoms with Gasteiger partial charge in [0.25, 0.3) is 0 Å². The average molecular weight is 501 g/mol. The summed E-state index contributed by atoms with van der Waals surface area (Å²) in [6.07, 6.45) is 1.19. The van der Waals surface area contributed by atoms with Gasteiger partial charge in [0.05, 0.1) is 25.9 Å². The summed E-state index contributed by atoms with van der Waals surface area (Å²) in [5.74, 6) is 1.07. The molecule has 0 radical (unpaired) electrons. The highest BCUT2D eigenvalue weighted by atomic mass is 16.7. The van der Waals surface area contributed by atoms with Gasteiger partial charge in [0.15, 0.2) is 6.29 Å². The Kier molecular flexibility index (Phi) is 13.2. The van der Waals surface area contributed by atoms with Crippen LogP contribution in [0.25, 0.3) is 0 Å². The normalized spacial score (nSPS) is 26.7. The standard InChI is InChI=1S/C30H60O5/c1-21(2)16-31-18-24-25(33-19-29(8,9)10)23(14-15-28(5,6)7)26(32-17-22(3)4)27(35-24)34-20-30(11,12)13/h21-27H,14-20H2,1-13H3/t23-,24?,25-,26?,27+/m0/s1. The van der Waals surface area contributed by atoms with Gasteiger partial charge in [0.1, 0.15) is 12.2 Å². The molecular formula is C30H60O5. The molecule has 0 saturated carbocycles. The molecule has 5 nitrogen and oxygen atoms in total. The molecule has 0 aromatic rings. The van der Waals surface area contributed by atoms with Gasteiger partial charge in [-0.05, 0) is 40.9 Å². The third kappa shape index (κ3) is 14.4. The highest BCUT2D eigenvalue weighted by molar-refractivity contribution is 4.93. The van der Waals surface area contributed by atoms with E-state index in [2.05, 4.69) is 90.0 Å². The van der Waals surface area contributed by atoms with Crippen molar-refractivity contribution in [2.45, 2.75) is 127 Å². The highest BCUT2D eigenvalue weighted by Gasteiger charge is 2.48. The Morgan fingerprint density at radius 1 is 0.657 bits per heavy atom. The van der Waals surface area contributed by atoms with Gasteiger partial charge < -0.3 is 23.7 Å². The smallest absolute Gasteiger partial charge is 0.184 e. The number of hydrogen-bond acceptors (Lipinski definition) is 5. The van der Waals surface area contributed by atoms with Crippen molar-refractivity contribution in [2.75, 3.05) is 33.0 Å². The maximum absolute atomic E-state index is 6.69. The average Bonchev–Trinajstić information content (AvgIpc) is 2.66. The maximum Gasteiger partial charge on any atom is 0.184 e. The molecule has 1 aliphatic rings. The quantitative estimate of drug-likeness (QED) is 0.264. The lowest BCUT2D eigenvalue weighted by atomic mass is 9.79. The molecule has 0 bridgehead atoms. The topological polar surface area (TPSA) is 46.2 Å². The fourth-order valence-corrected chi connectivity index (χ4v) is 4.02. The summed E-state index contributed by atoms with van der Waals surface area (Å²) in [5.41, 5.74) is 0.322. The molecule has 0 amide bonds. The van der Waals surface area contributed by atoms with Crippen LogP contribution < -0.4 is 0 Å². The third-order valence-corrected chi connectivity index (χ3v) is 5.76. The summed E-state index contributed by atoms with van der Waals surface area (Å²) in [4.78, 5) is 0. The van der Waals surface area contributed by atoms with Crippen molar-refractivity contribution in [2.24, 2.45) is 34.0 Å². The Bertz CT molecular complexity index is 567. The fraction of sp³-hybridized carbons (Fsp3) is 1.00. The molecule has 5 heteroatoms. The minimum absolute atomic E-state index is 0.0378. The molecule has 0 aromatic heterocycles. The summed E-state index contributed by atoms with van der Waals surface area (Å²) in [6, 6.07) is 0. The van der Waals surface area contributed by atoms with Crippen LogP contribution in [0.5, 0.6) is 0 Å². The second kappa shape index (κ2) is 14.1. The molecule has 1 aliphatic heterocycles. The van der Waals surface area contributed by atoms with Gasteiger partial charge in [-0.1, -0.05) is 90.0 Å². The lowest BCUT2D eigenvalue weighted by molar-refractivity contribution is -0.314. The van der Waals surface area contributed by atoms with Crippen molar-refractivity contribution in [3.05, 3.63) is 0 Å². The van der Waals surface area contributed by atoms with Crippen LogP contribution in [0.3, 0.4) is 0 Å². The summed E-state index contributed by atoms with van der Waals surface area (Å²) < 4.78 is 32.5. The van der Waals surface area contributed by atoms with Gasteiger partial charge in [-0.15, -0.1) is 0 Å².